The molecule has 0 amide bonds. The lowest BCUT2D eigenvalue weighted by Gasteiger charge is -2.16. The lowest BCUT2D eigenvalue weighted by atomic mass is 10.2. The van der Waals surface area contributed by atoms with Gasteiger partial charge in [-0.15, -0.1) is 0 Å². The molecule has 106 valence electrons. The van der Waals surface area contributed by atoms with E-state index in [0.29, 0.717) is 5.88 Å². The van der Waals surface area contributed by atoms with Crippen LogP contribution in [0.25, 0.3) is 0 Å². The fourth-order valence-electron chi connectivity index (χ4n) is 2.03. The zero-order valence-electron chi connectivity index (χ0n) is 12.3. The molecule has 2 rings (SSSR count). The van der Waals surface area contributed by atoms with Crippen molar-refractivity contribution >= 4 is 0 Å². The second-order valence-electron chi connectivity index (χ2n) is 4.89. The second-order valence-corrected chi connectivity index (χ2v) is 4.89. The van der Waals surface area contributed by atoms with Crippen LogP contribution in [0.15, 0.2) is 36.7 Å². The molecule has 0 aliphatic carbocycles. The maximum Gasteiger partial charge on any atom is 0.212 e. The van der Waals surface area contributed by atoms with Gasteiger partial charge in [-0.3, -0.25) is 9.88 Å². The minimum absolute atomic E-state index is 0.647. The molecule has 0 spiro atoms. The van der Waals surface area contributed by atoms with Crippen LogP contribution in [-0.4, -0.2) is 29.0 Å². The molecule has 0 bridgehead atoms. The third-order valence-electron chi connectivity index (χ3n) is 3.19. The SMILES string of the molecule is CCc1ccc(CN(C)Cc2ccc(OC)nc2)nc1. The second kappa shape index (κ2) is 7.01. The maximum atomic E-state index is 5.06. The summed E-state index contributed by atoms with van der Waals surface area (Å²) >= 11 is 0. The van der Waals surface area contributed by atoms with E-state index in [1.807, 2.05) is 24.5 Å². The Kier molecular flexibility index (Phi) is 5.07. The van der Waals surface area contributed by atoms with Gasteiger partial charge in [0.25, 0.3) is 0 Å². The number of hydrogen-bond donors (Lipinski definition) is 0. The highest BCUT2D eigenvalue weighted by Gasteiger charge is 2.04. The van der Waals surface area contributed by atoms with Crippen LogP contribution in [0.1, 0.15) is 23.7 Å². The zero-order chi connectivity index (χ0) is 14.4. The lowest BCUT2D eigenvalue weighted by molar-refractivity contribution is 0.314. The Balaban J connectivity index is 1.91. The molecular weight excluding hydrogens is 250 g/mol. The molecule has 0 saturated carbocycles. The first-order valence-corrected chi connectivity index (χ1v) is 6.82. The van der Waals surface area contributed by atoms with Gasteiger partial charge in [0.05, 0.1) is 12.8 Å². The van der Waals surface area contributed by atoms with Crippen LogP contribution in [-0.2, 0) is 19.5 Å². The molecule has 2 heterocycles. The van der Waals surface area contributed by atoms with E-state index in [9.17, 15) is 0 Å². The number of pyridine rings is 2. The summed E-state index contributed by atoms with van der Waals surface area (Å²) in [5, 5.41) is 0. The van der Waals surface area contributed by atoms with Gasteiger partial charge in [-0.2, -0.15) is 0 Å². The van der Waals surface area contributed by atoms with E-state index in [1.165, 1.54) is 11.1 Å². The largest absolute Gasteiger partial charge is 0.481 e. The van der Waals surface area contributed by atoms with E-state index in [-0.39, 0.29) is 0 Å². The molecule has 20 heavy (non-hydrogen) atoms. The molecule has 4 heteroatoms. The topological polar surface area (TPSA) is 38.2 Å². The summed E-state index contributed by atoms with van der Waals surface area (Å²) in [6.45, 7) is 3.81. The quantitative estimate of drug-likeness (QED) is 0.809. The van der Waals surface area contributed by atoms with Crippen molar-refractivity contribution in [3.8, 4) is 5.88 Å². The number of rotatable bonds is 6. The van der Waals surface area contributed by atoms with Crippen LogP contribution in [0.5, 0.6) is 5.88 Å². The predicted octanol–water partition coefficient (Wildman–Crippen LogP) is 2.68. The van der Waals surface area contributed by atoms with Gasteiger partial charge < -0.3 is 4.74 Å². The first kappa shape index (κ1) is 14.5. The van der Waals surface area contributed by atoms with E-state index in [0.717, 1.165) is 25.2 Å². The van der Waals surface area contributed by atoms with Crippen LogP contribution in [0.2, 0.25) is 0 Å². The van der Waals surface area contributed by atoms with Crippen LogP contribution in [0.3, 0.4) is 0 Å². The first-order valence-electron chi connectivity index (χ1n) is 6.82. The molecule has 2 aromatic rings. The molecule has 0 unspecified atom stereocenters. The molecule has 0 atom stereocenters. The van der Waals surface area contributed by atoms with Gasteiger partial charge >= 0.3 is 0 Å². The fourth-order valence-corrected chi connectivity index (χ4v) is 2.03. The van der Waals surface area contributed by atoms with E-state index in [1.54, 1.807) is 7.11 Å². The average molecular weight is 271 g/mol. The molecule has 0 aliphatic heterocycles. The molecule has 0 N–H and O–H groups in total. The van der Waals surface area contributed by atoms with Gasteiger partial charge in [-0.1, -0.05) is 19.1 Å². The molecule has 0 aromatic carbocycles. The normalized spacial score (nSPS) is 10.8. The van der Waals surface area contributed by atoms with E-state index < -0.39 is 0 Å². The summed E-state index contributed by atoms with van der Waals surface area (Å²) in [5.41, 5.74) is 3.53. The first-order chi connectivity index (χ1) is 9.71. The monoisotopic (exact) mass is 271 g/mol. The summed E-state index contributed by atoms with van der Waals surface area (Å²) in [7, 11) is 3.71. The summed E-state index contributed by atoms with van der Waals surface area (Å²) < 4.78 is 5.06. The number of ether oxygens (including phenoxy) is 1. The molecule has 0 radical (unpaired) electrons. The van der Waals surface area contributed by atoms with Gasteiger partial charge in [-0.25, -0.2) is 4.98 Å². The van der Waals surface area contributed by atoms with Crippen molar-refractivity contribution in [2.45, 2.75) is 26.4 Å². The van der Waals surface area contributed by atoms with Gasteiger partial charge in [0.1, 0.15) is 0 Å². The average Bonchev–Trinajstić information content (AvgIpc) is 2.49. The van der Waals surface area contributed by atoms with Crippen molar-refractivity contribution in [3.05, 3.63) is 53.5 Å². The fraction of sp³-hybridized carbons (Fsp3) is 0.375. The Morgan fingerprint density at radius 3 is 2.30 bits per heavy atom. The zero-order valence-corrected chi connectivity index (χ0v) is 12.3. The minimum atomic E-state index is 0.647. The third kappa shape index (κ3) is 4.03. The van der Waals surface area contributed by atoms with Crippen molar-refractivity contribution in [1.29, 1.82) is 0 Å². The molecule has 0 aliphatic rings. The van der Waals surface area contributed by atoms with Crippen molar-refractivity contribution in [2.24, 2.45) is 0 Å². The lowest BCUT2D eigenvalue weighted by Crippen LogP contribution is -2.18. The summed E-state index contributed by atoms with van der Waals surface area (Å²) in [4.78, 5) is 10.9. The highest BCUT2D eigenvalue weighted by atomic mass is 16.5. The Hall–Kier alpha value is -1.94. The van der Waals surface area contributed by atoms with Crippen molar-refractivity contribution < 1.29 is 4.74 Å². The van der Waals surface area contributed by atoms with E-state index in [4.69, 9.17) is 4.74 Å². The van der Waals surface area contributed by atoms with Gasteiger partial charge in [0, 0.05) is 31.5 Å². The van der Waals surface area contributed by atoms with Crippen LogP contribution in [0, 0.1) is 0 Å². The Morgan fingerprint density at radius 1 is 1.00 bits per heavy atom. The molecular formula is C16H21N3O. The maximum absolute atomic E-state index is 5.06. The summed E-state index contributed by atoms with van der Waals surface area (Å²) in [5.74, 6) is 0.647. The van der Waals surface area contributed by atoms with Crippen LogP contribution in [0.4, 0.5) is 0 Å². The highest BCUT2D eigenvalue weighted by molar-refractivity contribution is 5.18. The number of aryl methyl sites for hydroxylation is 1. The van der Waals surface area contributed by atoms with Crippen LogP contribution < -0.4 is 4.74 Å². The number of nitrogens with zero attached hydrogens (tertiary/aromatic N) is 3. The minimum Gasteiger partial charge on any atom is -0.481 e. The van der Waals surface area contributed by atoms with E-state index in [2.05, 4.69) is 41.0 Å². The molecule has 2 aromatic heterocycles. The van der Waals surface area contributed by atoms with Crippen LogP contribution >= 0.6 is 0 Å². The van der Waals surface area contributed by atoms with Gasteiger partial charge in [-0.05, 0) is 30.7 Å². The number of aromatic nitrogens is 2. The standard InChI is InChI=1S/C16H21N3O/c1-4-13-5-7-15(17-9-13)12-19(2)11-14-6-8-16(20-3)18-10-14/h5-10H,4,11-12H2,1-3H3. The molecule has 0 fully saturated rings. The molecule has 4 nitrogen and oxygen atoms in total. The Morgan fingerprint density at radius 2 is 1.75 bits per heavy atom. The van der Waals surface area contributed by atoms with Gasteiger partial charge in [0.2, 0.25) is 5.88 Å². The van der Waals surface area contributed by atoms with Crippen molar-refractivity contribution in [3.63, 3.8) is 0 Å². The third-order valence-corrected chi connectivity index (χ3v) is 3.19. The summed E-state index contributed by atoms with van der Waals surface area (Å²) in [6.07, 6.45) is 4.84. The number of methoxy groups -OCH3 is 1. The number of hydrogen-bond acceptors (Lipinski definition) is 4. The Bertz CT molecular complexity index is 473. The molecule has 0 saturated heterocycles. The van der Waals surface area contributed by atoms with Crippen molar-refractivity contribution in [2.75, 3.05) is 14.2 Å². The van der Waals surface area contributed by atoms with Crippen molar-refractivity contribution in [1.82, 2.24) is 14.9 Å². The Labute approximate surface area is 120 Å². The van der Waals surface area contributed by atoms with Gasteiger partial charge in [0.15, 0.2) is 0 Å². The smallest absolute Gasteiger partial charge is 0.212 e. The predicted molar refractivity (Wildman–Crippen MR) is 79.6 cm³/mol. The highest BCUT2D eigenvalue weighted by Crippen LogP contribution is 2.10. The summed E-state index contributed by atoms with van der Waals surface area (Å²) in [6, 6.07) is 8.17. The van der Waals surface area contributed by atoms with E-state index >= 15 is 0 Å².